The van der Waals surface area contributed by atoms with Gasteiger partial charge in [-0.25, -0.2) is 0 Å². The van der Waals surface area contributed by atoms with Crippen LogP contribution in [0.15, 0.2) is 54.6 Å². The summed E-state index contributed by atoms with van der Waals surface area (Å²) in [7, 11) is 0. The molecule has 2 heterocycles. The lowest BCUT2D eigenvalue weighted by Crippen LogP contribution is -2.48. The van der Waals surface area contributed by atoms with Crippen LogP contribution in [0.3, 0.4) is 0 Å². The van der Waals surface area contributed by atoms with E-state index in [1.54, 1.807) is 4.68 Å². The molecule has 138 valence electrons. The first-order valence-electron chi connectivity index (χ1n) is 9.12. The Bertz CT molecular complexity index is 915. The Balaban J connectivity index is 1.45. The second kappa shape index (κ2) is 7.67. The van der Waals surface area contributed by atoms with Gasteiger partial charge in [-0.15, -0.1) is 5.10 Å². The van der Waals surface area contributed by atoms with Crippen molar-refractivity contribution in [3.8, 4) is 5.69 Å². The van der Waals surface area contributed by atoms with Crippen molar-refractivity contribution in [2.75, 3.05) is 26.2 Å². The van der Waals surface area contributed by atoms with Gasteiger partial charge in [0.15, 0.2) is 5.82 Å². The number of carbonyl (C=O) groups excluding carboxylic acids is 1. The Kier molecular flexibility index (Phi) is 4.93. The minimum absolute atomic E-state index is 0.0276. The van der Waals surface area contributed by atoms with Gasteiger partial charge in [-0.2, -0.15) is 4.68 Å². The highest BCUT2D eigenvalue weighted by atomic mass is 16.2. The summed E-state index contributed by atoms with van der Waals surface area (Å²) in [5.41, 5.74) is 2.65. The normalized spacial score (nSPS) is 15.1. The van der Waals surface area contributed by atoms with E-state index in [9.17, 15) is 4.79 Å². The molecule has 1 saturated heterocycles. The van der Waals surface area contributed by atoms with E-state index in [2.05, 4.69) is 44.7 Å². The zero-order chi connectivity index (χ0) is 18.6. The predicted molar refractivity (Wildman–Crippen MR) is 102 cm³/mol. The number of piperazine rings is 1. The number of para-hydroxylation sites is 1. The third-order valence-corrected chi connectivity index (χ3v) is 4.90. The number of aryl methyl sites for hydroxylation is 1. The van der Waals surface area contributed by atoms with Gasteiger partial charge in [0.1, 0.15) is 0 Å². The average Bonchev–Trinajstić information content (AvgIpc) is 3.14. The molecule has 0 saturated carbocycles. The van der Waals surface area contributed by atoms with Crippen LogP contribution in [0.1, 0.15) is 21.7 Å². The van der Waals surface area contributed by atoms with Crippen molar-refractivity contribution in [2.45, 2.75) is 13.5 Å². The summed E-state index contributed by atoms with van der Waals surface area (Å²) in [6.07, 6.45) is 0. The lowest BCUT2D eigenvalue weighted by molar-refractivity contribution is 0.0628. The SMILES string of the molecule is Cc1nnnn1-c1ccccc1C(=O)N1CCN(Cc2ccccc2)CC1. The summed E-state index contributed by atoms with van der Waals surface area (Å²) >= 11 is 0. The highest BCUT2D eigenvalue weighted by Gasteiger charge is 2.24. The molecule has 7 heteroatoms. The lowest BCUT2D eigenvalue weighted by atomic mass is 10.1. The zero-order valence-corrected chi connectivity index (χ0v) is 15.3. The van der Waals surface area contributed by atoms with Crippen LogP contribution in [-0.4, -0.2) is 62.1 Å². The van der Waals surface area contributed by atoms with Gasteiger partial charge in [0, 0.05) is 32.7 Å². The highest BCUT2D eigenvalue weighted by molar-refractivity contribution is 5.97. The highest BCUT2D eigenvalue weighted by Crippen LogP contribution is 2.18. The number of rotatable bonds is 4. The second-order valence-electron chi connectivity index (χ2n) is 6.71. The van der Waals surface area contributed by atoms with Crippen LogP contribution in [0.25, 0.3) is 5.69 Å². The fourth-order valence-electron chi connectivity index (χ4n) is 3.41. The van der Waals surface area contributed by atoms with Crippen molar-refractivity contribution in [3.05, 3.63) is 71.5 Å². The number of nitrogens with zero attached hydrogens (tertiary/aromatic N) is 6. The van der Waals surface area contributed by atoms with Crippen LogP contribution in [0.5, 0.6) is 0 Å². The van der Waals surface area contributed by atoms with Crippen LogP contribution >= 0.6 is 0 Å². The van der Waals surface area contributed by atoms with Crippen molar-refractivity contribution >= 4 is 5.91 Å². The fraction of sp³-hybridized carbons (Fsp3) is 0.300. The molecule has 27 heavy (non-hydrogen) atoms. The van der Waals surface area contributed by atoms with E-state index in [4.69, 9.17) is 0 Å². The third kappa shape index (κ3) is 3.73. The maximum Gasteiger partial charge on any atom is 0.256 e. The Hall–Kier alpha value is -3.06. The van der Waals surface area contributed by atoms with Gasteiger partial charge in [0.05, 0.1) is 11.3 Å². The maximum atomic E-state index is 13.1. The third-order valence-electron chi connectivity index (χ3n) is 4.90. The summed E-state index contributed by atoms with van der Waals surface area (Å²) in [5.74, 6) is 0.683. The molecule has 1 aliphatic rings. The molecule has 3 aromatic rings. The Morgan fingerprint density at radius 3 is 2.37 bits per heavy atom. The number of tetrazole rings is 1. The quantitative estimate of drug-likeness (QED) is 0.709. The Labute approximate surface area is 158 Å². The maximum absolute atomic E-state index is 13.1. The summed E-state index contributed by atoms with van der Waals surface area (Å²) in [6.45, 7) is 5.91. The number of amides is 1. The van der Waals surface area contributed by atoms with Crippen LogP contribution in [0, 0.1) is 6.92 Å². The van der Waals surface area contributed by atoms with Crippen LogP contribution in [-0.2, 0) is 6.54 Å². The van der Waals surface area contributed by atoms with Gasteiger partial charge in [-0.05, 0) is 35.0 Å². The molecule has 0 spiro atoms. The predicted octanol–water partition coefficient (Wildman–Crippen LogP) is 1.93. The summed E-state index contributed by atoms with van der Waals surface area (Å²) in [6, 6.07) is 17.9. The van der Waals surface area contributed by atoms with E-state index >= 15 is 0 Å². The van der Waals surface area contributed by atoms with Crippen LogP contribution < -0.4 is 0 Å². The molecule has 0 radical (unpaired) electrons. The minimum Gasteiger partial charge on any atom is -0.336 e. The smallest absolute Gasteiger partial charge is 0.256 e. The second-order valence-corrected chi connectivity index (χ2v) is 6.71. The van der Waals surface area contributed by atoms with Crippen LogP contribution in [0.2, 0.25) is 0 Å². The summed E-state index contributed by atoms with van der Waals surface area (Å²) in [4.78, 5) is 17.4. The fourth-order valence-corrected chi connectivity index (χ4v) is 3.41. The first kappa shape index (κ1) is 17.4. The molecule has 0 unspecified atom stereocenters. The molecular formula is C20H22N6O. The first-order valence-corrected chi connectivity index (χ1v) is 9.12. The van der Waals surface area contributed by atoms with E-state index in [0.717, 1.165) is 25.3 Å². The molecule has 7 nitrogen and oxygen atoms in total. The molecular weight excluding hydrogens is 340 g/mol. The van der Waals surface area contributed by atoms with Gasteiger partial charge in [-0.3, -0.25) is 9.69 Å². The first-order chi connectivity index (χ1) is 13.2. The topological polar surface area (TPSA) is 67.2 Å². The lowest BCUT2D eigenvalue weighted by Gasteiger charge is -2.35. The number of benzene rings is 2. The van der Waals surface area contributed by atoms with Crippen molar-refractivity contribution < 1.29 is 4.79 Å². The average molecular weight is 362 g/mol. The van der Waals surface area contributed by atoms with Crippen molar-refractivity contribution in [1.29, 1.82) is 0 Å². The molecule has 0 bridgehead atoms. The van der Waals surface area contributed by atoms with E-state index < -0.39 is 0 Å². The number of hydrogen-bond acceptors (Lipinski definition) is 5. The zero-order valence-electron chi connectivity index (χ0n) is 15.3. The van der Waals surface area contributed by atoms with Crippen molar-refractivity contribution in [1.82, 2.24) is 30.0 Å². The molecule has 0 atom stereocenters. The number of carbonyl (C=O) groups is 1. The molecule has 0 aliphatic carbocycles. The van der Waals surface area contributed by atoms with Gasteiger partial charge in [0.2, 0.25) is 0 Å². The van der Waals surface area contributed by atoms with Crippen molar-refractivity contribution in [2.24, 2.45) is 0 Å². The Morgan fingerprint density at radius 2 is 1.67 bits per heavy atom. The van der Waals surface area contributed by atoms with E-state index in [0.29, 0.717) is 24.5 Å². The van der Waals surface area contributed by atoms with Gasteiger partial charge in [-0.1, -0.05) is 42.5 Å². The van der Waals surface area contributed by atoms with E-state index in [1.165, 1.54) is 5.56 Å². The molecule has 1 fully saturated rings. The van der Waals surface area contributed by atoms with E-state index in [-0.39, 0.29) is 5.91 Å². The van der Waals surface area contributed by atoms with Gasteiger partial charge in [0.25, 0.3) is 5.91 Å². The molecule has 4 rings (SSSR count). The van der Waals surface area contributed by atoms with E-state index in [1.807, 2.05) is 42.2 Å². The molecule has 1 aliphatic heterocycles. The van der Waals surface area contributed by atoms with Gasteiger partial charge < -0.3 is 4.90 Å². The van der Waals surface area contributed by atoms with Crippen molar-refractivity contribution in [3.63, 3.8) is 0 Å². The standard InChI is InChI=1S/C20H22N6O/c1-16-21-22-23-26(16)19-10-6-5-9-18(19)20(27)25-13-11-24(12-14-25)15-17-7-3-2-4-8-17/h2-10H,11-15H2,1H3. The Morgan fingerprint density at radius 1 is 0.963 bits per heavy atom. The van der Waals surface area contributed by atoms with Crippen LogP contribution in [0.4, 0.5) is 0 Å². The summed E-state index contributed by atoms with van der Waals surface area (Å²) < 4.78 is 1.61. The molecule has 0 N–H and O–H groups in total. The number of aromatic nitrogens is 4. The number of hydrogen-bond donors (Lipinski definition) is 0. The minimum atomic E-state index is 0.0276. The van der Waals surface area contributed by atoms with Gasteiger partial charge >= 0.3 is 0 Å². The molecule has 1 amide bonds. The summed E-state index contributed by atoms with van der Waals surface area (Å²) in [5, 5.41) is 11.6. The monoisotopic (exact) mass is 362 g/mol. The molecule has 2 aromatic carbocycles. The molecule has 1 aromatic heterocycles. The largest absolute Gasteiger partial charge is 0.336 e.